The molecule has 0 spiro atoms. The number of benzene rings is 2. The summed E-state index contributed by atoms with van der Waals surface area (Å²) < 4.78 is 6.30. The Kier molecular flexibility index (Phi) is 8.75. The van der Waals surface area contributed by atoms with Crippen LogP contribution in [0.25, 0.3) is 0 Å². The first-order valence-electron chi connectivity index (χ1n) is 11.6. The smallest absolute Gasteiger partial charge is 0.265 e. The first-order valence-corrected chi connectivity index (χ1v) is 12.3. The molecule has 0 aliphatic carbocycles. The van der Waals surface area contributed by atoms with Crippen LogP contribution in [0.15, 0.2) is 24.3 Å². The molecule has 0 bridgehead atoms. The van der Waals surface area contributed by atoms with E-state index in [2.05, 4.69) is 59.0 Å². The molecule has 0 aliphatic heterocycles. The lowest BCUT2D eigenvalue weighted by Crippen LogP contribution is -2.33. The van der Waals surface area contributed by atoms with Crippen LogP contribution >= 0.6 is 23.2 Å². The minimum Gasteiger partial charge on any atom is -0.504 e. The molecule has 6 heteroatoms. The molecule has 0 saturated carbocycles. The highest BCUT2D eigenvalue weighted by Gasteiger charge is 2.29. The number of hydrogen-bond acceptors (Lipinski definition) is 3. The number of nitrogens with one attached hydrogen (secondary N) is 1. The van der Waals surface area contributed by atoms with Gasteiger partial charge in [0.1, 0.15) is 5.75 Å². The van der Waals surface area contributed by atoms with Crippen molar-refractivity contribution in [3.63, 3.8) is 0 Å². The Morgan fingerprint density at radius 3 is 2.18 bits per heavy atom. The topological polar surface area (TPSA) is 58.6 Å². The summed E-state index contributed by atoms with van der Waals surface area (Å²) in [5, 5.41) is 13.6. The molecule has 0 radical (unpaired) electrons. The van der Waals surface area contributed by atoms with Crippen LogP contribution in [0.4, 0.5) is 5.69 Å². The van der Waals surface area contributed by atoms with E-state index in [4.69, 9.17) is 27.9 Å². The zero-order chi connectivity index (χ0) is 25.1. The molecular formula is C27H37Cl2NO3. The molecule has 1 amide bonds. The third-order valence-electron chi connectivity index (χ3n) is 6.89. The van der Waals surface area contributed by atoms with Crippen LogP contribution in [0, 0.1) is 6.92 Å². The van der Waals surface area contributed by atoms with E-state index in [1.54, 1.807) is 6.92 Å². The van der Waals surface area contributed by atoms with E-state index in [0.717, 1.165) is 18.4 Å². The molecule has 0 aliphatic rings. The van der Waals surface area contributed by atoms with Gasteiger partial charge in [0.15, 0.2) is 11.9 Å². The van der Waals surface area contributed by atoms with Gasteiger partial charge in [-0.15, -0.1) is 0 Å². The summed E-state index contributed by atoms with van der Waals surface area (Å²) in [4.78, 5) is 13.1. The number of anilines is 1. The first-order chi connectivity index (χ1) is 15.3. The van der Waals surface area contributed by atoms with E-state index in [9.17, 15) is 9.90 Å². The molecular weight excluding hydrogens is 457 g/mol. The summed E-state index contributed by atoms with van der Waals surface area (Å²) in [6.07, 6.45) is 1.65. The van der Waals surface area contributed by atoms with Crippen molar-refractivity contribution in [2.24, 2.45) is 0 Å². The van der Waals surface area contributed by atoms with Crippen LogP contribution < -0.4 is 10.1 Å². The molecule has 1 atom stereocenters. The number of rotatable bonds is 9. The summed E-state index contributed by atoms with van der Waals surface area (Å²) in [6.45, 7) is 16.8. The lowest BCUT2D eigenvalue weighted by atomic mass is 9.76. The van der Waals surface area contributed by atoms with Crippen molar-refractivity contribution in [3.8, 4) is 11.5 Å². The van der Waals surface area contributed by atoms with Gasteiger partial charge in [0.25, 0.3) is 5.91 Å². The molecule has 2 N–H and O–H groups in total. The second-order valence-corrected chi connectivity index (χ2v) is 10.7. The second-order valence-electron chi connectivity index (χ2n) is 9.88. The quantitative estimate of drug-likeness (QED) is 0.346. The average Bonchev–Trinajstić information content (AvgIpc) is 2.78. The van der Waals surface area contributed by atoms with Crippen molar-refractivity contribution in [2.45, 2.75) is 91.6 Å². The van der Waals surface area contributed by atoms with Gasteiger partial charge in [-0.1, -0.05) is 83.8 Å². The van der Waals surface area contributed by atoms with Gasteiger partial charge in [-0.3, -0.25) is 4.79 Å². The highest BCUT2D eigenvalue weighted by Crippen LogP contribution is 2.41. The Hall–Kier alpha value is -1.91. The van der Waals surface area contributed by atoms with Gasteiger partial charge < -0.3 is 15.2 Å². The molecule has 2 aromatic carbocycles. The highest BCUT2D eigenvalue weighted by atomic mass is 35.5. The van der Waals surface area contributed by atoms with Crippen LogP contribution in [0.3, 0.4) is 0 Å². The molecule has 0 heterocycles. The molecule has 182 valence electrons. The van der Waals surface area contributed by atoms with Gasteiger partial charge in [0, 0.05) is 10.6 Å². The number of phenols is 1. The maximum Gasteiger partial charge on any atom is 0.265 e. The monoisotopic (exact) mass is 493 g/mol. The average molecular weight is 495 g/mol. The molecule has 2 aromatic rings. The number of carbonyl (C=O) groups excluding carboxylic acids is 1. The zero-order valence-electron chi connectivity index (χ0n) is 21.0. The third kappa shape index (κ3) is 5.96. The van der Waals surface area contributed by atoms with E-state index in [0.29, 0.717) is 22.8 Å². The van der Waals surface area contributed by atoms with Crippen LogP contribution in [-0.4, -0.2) is 17.1 Å². The van der Waals surface area contributed by atoms with Crippen molar-refractivity contribution in [3.05, 3.63) is 51.0 Å². The number of carbonyl (C=O) groups is 1. The number of aromatic hydroxyl groups is 1. The molecule has 33 heavy (non-hydrogen) atoms. The minimum absolute atomic E-state index is 0.0412. The summed E-state index contributed by atoms with van der Waals surface area (Å²) in [7, 11) is 0. The molecule has 4 nitrogen and oxygen atoms in total. The van der Waals surface area contributed by atoms with E-state index in [-0.39, 0.29) is 33.2 Å². The largest absolute Gasteiger partial charge is 0.504 e. The Morgan fingerprint density at radius 1 is 1.03 bits per heavy atom. The van der Waals surface area contributed by atoms with Crippen molar-refractivity contribution >= 4 is 34.8 Å². The van der Waals surface area contributed by atoms with E-state index < -0.39 is 6.10 Å². The fourth-order valence-electron chi connectivity index (χ4n) is 3.51. The zero-order valence-corrected chi connectivity index (χ0v) is 22.5. The normalized spacial score (nSPS) is 13.0. The maximum atomic E-state index is 13.1. The Labute approximate surface area is 208 Å². The standard InChI is InChI=1S/C27H37Cl2NO3/c1-9-21(25(32)30-23-16(4)19(28)15-20(29)24(23)31)33-22-13-12-17(26(5,6)10-2)14-18(22)27(7,8)11-3/h12-15,21,31H,9-11H2,1-8H3,(H,30,32). The van der Waals surface area contributed by atoms with Gasteiger partial charge in [0.05, 0.1) is 10.7 Å². The molecule has 0 saturated heterocycles. The number of amides is 1. The number of halogens is 2. The highest BCUT2D eigenvalue weighted by molar-refractivity contribution is 6.37. The van der Waals surface area contributed by atoms with Crippen LogP contribution in [-0.2, 0) is 15.6 Å². The lowest BCUT2D eigenvalue weighted by molar-refractivity contribution is -0.122. The Morgan fingerprint density at radius 2 is 1.64 bits per heavy atom. The fourth-order valence-corrected chi connectivity index (χ4v) is 3.98. The van der Waals surface area contributed by atoms with E-state index in [1.807, 2.05) is 13.0 Å². The maximum absolute atomic E-state index is 13.1. The number of phenolic OH excluding ortho intramolecular Hbond substituents is 1. The Balaban J connectivity index is 2.43. The van der Waals surface area contributed by atoms with Gasteiger partial charge in [-0.05, 0) is 60.3 Å². The van der Waals surface area contributed by atoms with Crippen molar-refractivity contribution in [1.82, 2.24) is 0 Å². The van der Waals surface area contributed by atoms with Gasteiger partial charge >= 0.3 is 0 Å². The predicted octanol–water partition coefficient (Wildman–Crippen LogP) is 8.18. The van der Waals surface area contributed by atoms with Crippen LogP contribution in [0.1, 0.15) is 84.4 Å². The third-order valence-corrected chi connectivity index (χ3v) is 7.57. The molecule has 2 rings (SSSR count). The summed E-state index contributed by atoms with van der Waals surface area (Å²) in [5.41, 5.74) is 2.99. The molecule has 0 aromatic heterocycles. The van der Waals surface area contributed by atoms with Gasteiger partial charge in [-0.2, -0.15) is 0 Å². The number of hydrogen-bond donors (Lipinski definition) is 2. The molecule has 1 unspecified atom stereocenters. The van der Waals surface area contributed by atoms with Crippen LogP contribution in [0.5, 0.6) is 11.5 Å². The number of ether oxygens (including phenoxy) is 1. The lowest BCUT2D eigenvalue weighted by Gasteiger charge is -2.31. The van der Waals surface area contributed by atoms with Crippen molar-refractivity contribution in [1.29, 1.82) is 0 Å². The Bertz CT molecular complexity index is 989. The van der Waals surface area contributed by atoms with E-state index >= 15 is 0 Å². The van der Waals surface area contributed by atoms with Crippen molar-refractivity contribution < 1.29 is 14.6 Å². The van der Waals surface area contributed by atoms with Crippen molar-refractivity contribution in [2.75, 3.05) is 5.32 Å². The first kappa shape index (κ1) is 27.3. The van der Waals surface area contributed by atoms with Gasteiger partial charge in [0.2, 0.25) is 0 Å². The molecule has 0 fully saturated rings. The minimum atomic E-state index is -0.752. The second kappa shape index (κ2) is 10.6. The summed E-state index contributed by atoms with van der Waals surface area (Å²) >= 11 is 12.2. The summed E-state index contributed by atoms with van der Waals surface area (Å²) in [6, 6.07) is 7.75. The predicted molar refractivity (Wildman–Crippen MR) is 139 cm³/mol. The van der Waals surface area contributed by atoms with Gasteiger partial charge in [-0.25, -0.2) is 0 Å². The van der Waals surface area contributed by atoms with Crippen LogP contribution in [0.2, 0.25) is 10.0 Å². The van der Waals surface area contributed by atoms with E-state index in [1.165, 1.54) is 11.6 Å². The SMILES string of the molecule is CCC(Oc1ccc(C(C)(C)CC)cc1C(C)(C)CC)C(=O)Nc1c(C)c(Cl)cc(Cl)c1O. The fraction of sp³-hybridized carbons (Fsp3) is 0.519. The summed E-state index contributed by atoms with van der Waals surface area (Å²) in [5.74, 6) is 0.123.